The molecule has 16 heavy (non-hydrogen) atoms. The van der Waals surface area contributed by atoms with Crippen molar-refractivity contribution in [1.29, 1.82) is 0 Å². The van der Waals surface area contributed by atoms with Crippen molar-refractivity contribution in [1.82, 2.24) is 9.80 Å². The highest BCUT2D eigenvalue weighted by Crippen LogP contribution is 2.06. The largest absolute Gasteiger partial charge is 0.673 e. The third-order valence-electron chi connectivity index (χ3n) is 1.41. The monoisotopic (exact) mass is 240 g/mol. The first-order valence-electron chi connectivity index (χ1n) is 4.18. The number of rotatable bonds is 3. The number of nitrogens with two attached hydrogens (primary N) is 1. The molecule has 1 heterocycles. The fraction of sp³-hybridized carbons (Fsp3) is 0.286. The van der Waals surface area contributed by atoms with Crippen molar-refractivity contribution in [2.45, 2.75) is 0 Å². The van der Waals surface area contributed by atoms with Gasteiger partial charge in [0.1, 0.15) is 0 Å². The van der Waals surface area contributed by atoms with Crippen LogP contribution in [-0.2, 0) is 4.79 Å². The van der Waals surface area contributed by atoms with Gasteiger partial charge in [0.15, 0.2) is 0 Å². The van der Waals surface area contributed by atoms with E-state index in [4.69, 9.17) is 5.73 Å². The molecular formula is C7H11BF4N3O-. The van der Waals surface area contributed by atoms with Crippen molar-refractivity contribution in [3.8, 4) is 0 Å². The van der Waals surface area contributed by atoms with E-state index in [1.54, 1.807) is 6.20 Å². The minimum Gasteiger partial charge on any atom is -0.418 e. The van der Waals surface area contributed by atoms with Gasteiger partial charge in [0.05, 0.1) is 13.2 Å². The van der Waals surface area contributed by atoms with Crippen molar-refractivity contribution >= 4 is 13.2 Å². The predicted octanol–water partition coefficient (Wildman–Crippen LogP) is 0.962. The molecule has 0 aliphatic carbocycles. The van der Waals surface area contributed by atoms with E-state index in [0.29, 0.717) is 6.67 Å². The molecule has 4 nitrogen and oxygen atoms in total. The second-order valence-electron chi connectivity index (χ2n) is 2.84. The van der Waals surface area contributed by atoms with E-state index < -0.39 is 7.25 Å². The Morgan fingerprint density at radius 1 is 1.44 bits per heavy atom. The van der Waals surface area contributed by atoms with Crippen molar-refractivity contribution in [2.24, 2.45) is 5.73 Å². The lowest BCUT2D eigenvalue weighted by molar-refractivity contribution is -0.118. The summed E-state index contributed by atoms with van der Waals surface area (Å²) in [4.78, 5) is 14.1. The highest BCUT2D eigenvalue weighted by Gasteiger charge is 2.20. The Kier molecular flexibility index (Phi) is 5.41. The van der Waals surface area contributed by atoms with E-state index in [-0.39, 0.29) is 12.5 Å². The van der Waals surface area contributed by atoms with Gasteiger partial charge in [-0.25, -0.2) is 0 Å². The molecule has 0 aromatic rings. The molecule has 0 aromatic heterocycles. The Labute approximate surface area is 90.1 Å². The molecule has 0 fully saturated rings. The maximum Gasteiger partial charge on any atom is 0.673 e. The topological polar surface area (TPSA) is 49.6 Å². The molecule has 2 N–H and O–H groups in total. The van der Waals surface area contributed by atoms with E-state index in [1.807, 2.05) is 22.2 Å². The molecule has 0 radical (unpaired) electrons. The molecule has 1 aliphatic heterocycles. The summed E-state index contributed by atoms with van der Waals surface area (Å²) in [6.07, 6.45) is 5.35. The molecular weight excluding hydrogens is 229 g/mol. The van der Waals surface area contributed by atoms with Gasteiger partial charge in [-0.05, 0) is 6.20 Å². The van der Waals surface area contributed by atoms with Crippen LogP contribution in [0.5, 0.6) is 0 Å². The van der Waals surface area contributed by atoms with Crippen LogP contribution in [0.4, 0.5) is 17.3 Å². The average molecular weight is 240 g/mol. The van der Waals surface area contributed by atoms with E-state index in [2.05, 4.69) is 6.58 Å². The summed E-state index contributed by atoms with van der Waals surface area (Å²) in [5.74, 6) is -0.319. The van der Waals surface area contributed by atoms with Gasteiger partial charge in [-0.2, -0.15) is 0 Å². The van der Waals surface area contributed by atoms with Crippen LogP contribution >= 0.6 is 0 Å². The summed E-state index contributed by atoms with van der Waals surface area (Å²) in [6.45, 7) is 4.51. The number of carbonyl (C=O) groups excluding carboxylic acids is 1. The van der Waals surface area contributed by atoms with Crippen LogP contribution in [0.2, 0.25) is 0 Å². The molecule has 92 valence electrons. The highest BCUT2D eigenvalue weighted by molar-refractivity contribution is 6.50. The standard InChI is InChI=1S/C7H11N3O.BF4/c1-2-9-3-4-10(6-9)5-7(8)11;2-1(3,4)5/h2-4H,1,5-6H2,(H2,8,11);/q;-1. The van der Waals surface area contributed by atoms with Gasteiger partial charge in [-0.3, -0.25) is 4.79 Å². The molecule has 1 amide bonds. The summed E-state index contributed by atoms with van der Waals surface area (Å²) >= 11 is 0. The first kappa shape index (κ1) is 14.3. The van der Waals surface area contributed by atoms with E-state index in [0.717, 1.165) is 0 Å². The van der Waals surface area contributed by atoms with Crippen molar-refractivity contribution in [3.05, 3.63) is 25.2 Å². The predicted molar refractivity (Wildman–Crippen MR) is 52.1 cm³/mol. The minimum absolute atomic E-state index is 0.265. The second kappa shape index (κ2) is 6.04. The van der Waals surface area contributed by atoms with Gasteiger partial charge >= 0.3 is 7.25 Å². The van der Waals surface area contributed by atoms with Crippen molar-refractivity contribution < 1.29 is 22.1 Å². The van der Waals surface area contributed by atoms with Crippen LogP contribution in [0.1, 0.15) is 0 Å². The Morgan fingerprint density at radius 2 is 1.94 bits per heavy atom. The lowest BCUT2D eigenvalue weighted by Crippen LogP contribution is -2.31. The summed E-state index contributed by atoms with van der Waals surface area (Å²) < 4.78 is 39.0. The molecule has 0 bridgehead atoms. The summed E-state index contributed by atoms with van der Waals surface area (Å²) in [5, 5.41) is 0. The molecule has 0 saturated heterocycles. The number of hydrogen-bond acceptors (Lipinski definition) is 3. The Balaban J connectivity index is 0.000000385. The number of primary amides is 1. The van der Waals surface area contributed by atoms with Gasteiger partial charge in [0.2, 0.25) is 5.91 Å². The van der Waals surface area contributed by atoms with Crippen molar-refractivity contribution in [3.63, 3.8) is 0 Å². The van der Waals surface area contributed by atoms with Gasteiger partial charge in [0.25, 0.3) is 0 Å². The molecule has 1 aliphatic rings. The molecule has 1 rings (SSSR count). The Morgan fingerprint density at radius 3 is 2.25 bits per heavy atom. The summed E-state index contributed by atoms with van der Waals surface area (Å²) in [7, 11) is -6.00. The molecule has 0 saturated carbocycles. The van der Waals surface area contributed by atoms with Gasteiger partial charge < -0.3 is 32.8 Å². The molecule has 0 atom stereocenters. The number of hydrogen-bond donors (Lipinski definition) is 1. The van der Waals surface area contributed by atoms with Gasteiger partial charge in [-0.1, -0.05) is 6.58 Å². The third-order valence-corrected chi connectivity index (χ3v) is 1.41. The molecule has 0 aromatic carbocycles. The zero-order valence-corrected chi connectivity index (χ0v) is 8.32. The Hall–Kier alpha value is -1.67. The van der Waals surface area contributed by atoms with E-state index in [1.165, 1.54) is 0 Å². The fourth-order valence-corrected chi connectivity index (χ4v) is 0.905. The van der Waals surface area contributed by atoms with Crippen LogP contribution in [0.15, 0.2) is 25.2 Å². The molecule has 0 unspecified atom stereocenters. The summed E-state index contributed by atoms with van der Waals surface area (Å²) in [5.41, 5.74) is 5.00. The zero-order valence-electron chi connectivity index (χ0n) is 8.32. The third kappa shape index (κ3) is 8.91. The molecule has 9 heteroatoms. The average Bonchev–Trinajstić information content (AvgIpc) is 2.48. The number of nitrogens with zero attached hydrogens (tertiary/aromatic N) is 2. The van der Waals surface area contributed by atoms with Crippen LogP contribution in [0.25, 0.3) is 0 Å². The first-order chi connectivity index (χ1) is 7.22. The van der Waals surface area contributed by atoms with E-state index >= 15 is 0 Å². The SMILES string of the molecule is C=CN1C=CN(CC(N)=O)C1.F[B-](F)(F)F. The Bertz CT molecular complexity index is 275. The maximum absolute atomic E-state index is 10.5. The fourth-order valence-electron chi connectivity index (χ4n) is 0.905. The normalized spacial score (nSPS) is 14.5. The minimum atomic E-state index is -6.00. The highest BCUT2D eigenvalue weighted by atomic mass is 19.5. The lowest BCUT2D eigenvalue weighted by atomic mass is 10.3. The van der Waals surface area contributed by atoms with Crippen LogP contribution in [-0.4, -0.2) is 36.2 Å². The second-order valence-corrected chi connectivity index (χ2v) is 2.84. The molecule has 0 spiro atoms. The smallest absolute Gasteiger partial charge is 0.418 e. The lowest BCUT2D eigenvalue weighted by Gasteiger charge is -2.15. The first-order valence-corrected chi connectivity index (χ1v) is 4.18. The number of carbonyl (C=O) groups is 1. The maximum atomic E-state index is 10.5. The summed E-state index contributed by atoms with van der Waals surface area (Å²) in [6, 6.07) is 0. The quantitative estimate of drug-likeness (QED) is 0.590. The van der Waals surface area contributed by atoms with Crippen molar-refractivity contribution in [2.75, 3.05) is 13.2 Å². The van der Waals surface area contributed by atoms with Gasteiger partial charge in [-0.15, -0.1) is 0 Å². The van der Waals surface area contributed by atoms with Crippen LogP contribution < -0.4 is 5.73 Å². The zero-order chi connectivity index (χ0) is 12.8. The van der Waals surface area contributed by atoms with Crippen LogP contribution in [0.3, 0.4) is 0 Å². The van der Waals surface area contributed by atoms with Gasteiger partial charge in [0, 0.05) is 12.4 Å². The van der Waals surface area contributed by atoms with Crippen LogP contribution in [0, 0.1) is 0 Å². The van der Waals surface area contributed by atoms with E-state index in [9.17, 15) is 22.1 Å². The number of halogens is 4. The number of amides is 1.